The fraction of sp³-hybridized carbons (Fsp3) is 0.333. The van der Waals surface area contributed by atoms with E-state index in [2.05, 4.69) is 57.2 Å². The Morgan fingerprint density at radius 1 is 0.882 bits per heavy atom. The maximum absolute atomic E-state index is 3.71. The Labute approximate surface area is 111 Å². The van der Waals surface area contributed by atoms with Crippen LogP contribution in [0.4, 0.5) is 5.69 Å². The molecule has 0 radical (unpaired) electrons. The smallest absolute Gasteiger partial charge is 0.0590 e. The van der Waals surface area contributed by atoms with Crippen LogP contribution in [0.2, 0.25) is 0 Å². The van der Waals surface area contributed by atoms with Crippen LogP contribution in [0, 0.1) is 0 Å². The molecule has 2 heteroatoms. The van der Waals surface area contributed by atoms with Gasteiger partial charge in [-0.3, -0.25) is 0 Å². The van der Waals surface area contributed by atoms with Crippen molar-refractivity contribution in [3.05, 3.63) is 40.9 Å². The summed E-state index contributed by atoms with van der Waals surface area (Å²) in [6.07, 6.45) is 4.00. The molecule has 0 aliphatic carbocycles. The van der Waals surface area contributed by atoms with Gasteiger partial charge in [-0.15, -0.1) is 0 Å². The van der Waals surface area contributed by atoms with E-state index >= 15 is 0 Å². The molecule has 0 unspecified atom stereocenters. The fourth-order valence-corrected chi connectivity index (χ4v) is 3.26. The summed E-state index contributed by atoms with van der Waals surface area (Å²) in [5, 5.41) is 2.69. The van der Waals surface area contributed by atoms with Crippen LogP contribution in [-0.2, 0) is 0 Å². The van der Waals surface area contributed by atoms with E-state index in [0.29, 0.717) is 0 Å². The summed E-state index contributed by atoms with van der Waals surface area (Å²) in [5.74, 6) is 0. The highest BCUT2D eigenvalue weighted by Gasteiger charge is 2.15. The summed E-state index contributed by atoms with van der Waals surface area (Å²) in [6.45, 7) is 2.37. The molecule has 2 aromatic rings. The number of piperidine rings is 1. The van der Waals surface area contributed by atoms with Crippen LogP contribution in [0.15, 0.2) is 40.9 Å². The lowest BCUT2D eigenvalue weighted by Gasteiger charge is -2.30. The number of rotatable bonds is 1. The second-order valence-electron chi connectivity index (χ2n) is 4.66. The Morgan fingerprint density at radius 2 is 1.65 bits per heavy atom. The van der Waals surface area contributed by atoms with Gasteiger partial charge in [0.15, 0.2) is 0 Å². The van der Waals surface area contributed by atoms with Gasteiger partial charge in [-0.1, -0.05) is 30.3 Å². The number of anilines is 1. The predicted molar refractivity (Wildman–Crippen MR) is 77.7 cm³/mol. The van der Waals surface area contributed by atoms with Crippen molar-refractivity contribution in [1.82, 2.24) is 0 Å². The Bertz CT molecular complexity index is 529. The minimum atomic E-state index is 1.19. The highest BCUT2D eigenvalue weighted by molar-refractivity contribution is 9.10. The van der Waals surface area contributed by atoms with Gasteiger partial charge in [-0.05, 0) is 46.6 Å². The minimum absolute atomic E-state index is 1.19. The summed E-state index contributed by atoms with van der Waals surface area (Å²) >= 11 is 3.71. The van der Waals surface area contributed by atoms with Crippen molar-refractivity contribution in [2.45, 2.75) is 19.3 Å². The molecule has 2 aromatic carbocycles. The zero-order valence-electron chi connectivity index (χ0n) is 9.82. The average molecular weight is 290 g/mol. The van der Waals surface area contributed by atoms with Crippen LogP contribution >= 0.6 is 15.9 Å². The van der Waals surface area contributed by atoms with Crippen molar-refractivity contribution in [2.75, 3.05) is 18.0 Å². The van der Waals surface area contributed by atoms with E-state index in [-0.39, 0.29) is 0 Å². The maximum atomic E-state index is 3.71. The van der Waals surface area contributed by atoms with Gasteiger partial charge in [0.25, 0.3) is 0 Å². The average Bonchev–Trinajstić information content (AvgIpc) is 2.39. The van der Waals surface area contributed by atoms with E-state index in [1.165, 1.54) is 53.3 Å². The number of nitrogens with zero attached hydrogens (tertiary/aromatic N) is 1. The molecule has 1 aliphatic heterocycles. The first-order valence-electron chi connectivity index (χ1n) is 6.28. The van der Waals surface area contributed by atoms with E-state index in [0.717, 1.165) is 0 Å². The zero-order valence-corrected chi connectivity index (χ0v) is 11.4. The number of halogens is 1. The molecule has 0 atom stereocenters. The third-order valence-electron chi connectivity index (χ3n) is 3.52. The van der Waals surface area contributed by atoms with Crippen molar-refractivity contribution >= 4 is 32.4 Å². The van der Waals surface area contributed by atoms with Crippen LogP contribution in [-0.4, -0.2) is 13.1 Å². The van der Waals surface area contributed by atoms with Crippen molar-refractivity contribution in [3.63, 3.8) is 0 Å². The van der Waals surface area contributed by atoms with Crippen LogP contribution in [0.3, 0.4) is 0 Å². The van der Waals surface area contributed by atoms with Gasteiger partial charge in [0, 0.05) is 22.9 Å². The molecule has 1 saturated heterocycles. The molecule has 0 N–H and O–H groups in total. The normalized spacial score (nSPS) is 16.4. The largest absolute Gasteiger partial charge is 0.370 e. The Balaban J connectivity index is 2.15. The first-order valence-corrected chi connectivity index (χ1v) is 7.08. The molecule has 0 bridgehead atoms. The lowest BCUT2D eigenvalue weighted by atomic mass is 10.1. The summed E-state index contributed by atoms with van der Waals surface area (Å²) in [4.78, 5) is 2.52. The summed E-state index contributed by atoms with van der Waals surface area (Å²) in [6, 6.07) is 13.0. The molecule has 0 amide bonds. The molecule has 1 aliphatic rings. The molecule has 17 heavy (non-hydrogen) atoms. The molecule has 0 spiro atoms. The van der Waals surface area contributed by atoms with Gasteiger partial charge in [0.05, 0.1) is 5.69 Å². The van der Waals surface area contributed by atoms with Crippen LogP contribution in [0.25, 0.3) is 10.8 Å². The maximum Gasteiger partial charge on any atom is 0.0590 e. The Morgan fingerprint density at radius 3 is 2.47 bits per heavy atom. The summed E-state index contributed by atoms with van der Waals surface area (Å²) in [5.41, 5.74) is 1.38. The predicted octanol–water partition coefficient (Wildman–Crippen LogP) is 4.59. The van der Waals surface area contributed by atoms with E-state index in [4.69, 9.17) is 0 Å². The first-order chi connectivity index (χ1) is 8.36. The van der Waals surface area contributed by atoms with Crippen LogP contribution in [0.5, 0.6) is 0 Å². The van der Waals surface area contributed by atoms with Crippen molar-refractivity contribution in [1.29, 1.82) is 0 Å². The van der Waals surface area contributed by atoms with Crippen molar-refractivity contribution in [3.8, 4) is 0 Å². The highest BCUT2D eigenvalue weighted by atomic mass is 79.9. The Kier molecular flexibility index (Phi) is 3.06. The van der Waals surface area contributed by atoms with E-state index < -0.39 is 0 Å². The van der Waals surface area contributed by atoms with E-state index in [1.807, 2.05) is 0 Å². The number of hydrogen-bond donors (Lipinski definition) is 0. The summed E-state index contributed by atoms with van der Waals surface area (Å²) < 4.78 is 1.22. The van der Waals surface area contributed by atoms with E-state index in [9.17, 15) is 0 Å². The second kappa shape index (κ2) is 4.69. The van der Waals surface area contributed by atoms with E-state index in [1.54, 1.807) is 0 Å². The lowest BCUT2D eigenvalue weighted by molar-refractivity contribution is 0.578. The SMILES string of the molecule is Brc1ccc2ccccc2c1N1CCCCC1. The molecule has 0 saturated carbocycles. The van der Waals surface area contributed by atoms with Gasteiger partial charge in [0.2, 0.25) is 0 Å². The van der Waals surface area contributed by atoms with Crippen molar-refractivity contribution in [2.24, 2.45) is 0 Å². The number of benzene rings is 2. The molecule has 1 nitrogen and oxygen atoms in total. The third-order valence-corrected chi connectivity index (χ3v) is 4.16. The Hall–Kier alpha value is -1.02. The zero-order chi connectivity index (χ0) is 11.7. The van der Waals surface area contributed by atoms with Gasteiger partial charge in [0.1, 0.15) is 0 Å². The molecule has 88 valence electrons. The third kappa shape index (κ3) is 2.06. The standard InChI is InChI=1S/C15H16BrN/c16-14-9-8-12-6-2-3-7-13(12)15(14)17-10-4-1-5-11-17/h2-3,6-9H,1,4-5,10-11H2. The van der Waals surface area contributed by atoms with Crippen LogP contribution < -0.4 is 4.90 Å². The minimum Gasteiger partial charge on any atom is -0.370 e. The molecular weight excluding hydrogens is 274 g/mol. The highest BCUT2D eigenvalue weighted by Crippen LogP contribution is 2.35. The molecule has 1 heterocycles. The van der Waals surface area contributed by atoms with Gasteiger partial charge in [-0.2, -0.15) is 0 Å². The number of hydrogen-bond acceptors (Lipinski definition) is 1. The first kappa shape index (κ1) is 11.1. The second-order valence-corrected chi connectivity index (χ2v) is 5.52. The summed E-state index contributed by atoms with van der Waals surface area (Å²) in [7, 11) is 0. The lowest BCUT2D eigenvalue weighted by Crippen LogP contribution is -2.29. The van der Waals surface area contributed by atoms with Gasteiger partial charge >= 0.3 is 0 Å². The quantitative estimate of drug-likeness (QED) is 0.742. The molecule has 0 aromatic heterocycles. The molecular formula is C15H16BrN. The monoisotopic (exact) mass is 289 g/mol. The molecule has 1 fully saturated rings. The van der Waals surface area contributed by atoms with Gasteiger partial charge in [-0.25, -0.2) is 0 Å². The van der Waals surface area contributed by atoms with Gasteiger partial charge < -0.3 is 4.90 Å². The van der Waals surface area contributed by atoms with Crippen molar-refractivity contribution < 1.29 is 0 Å². The van der Waals surface area contributed by atoms with Crippen LogP contribution in [0.1, 0.15) is 19.3 Å². The number of fused-ring (bicyclic) bond motifs is 1. The topological polar surface area (TPSA) is 3.24 Å². The molecule has 3 rings (SSSR count). The fourth-order valence-electron chi connectivity index (χ4n) is 2.67.